The molecule has 29 heavy (non-hydrogen) atoms. The molecule has 11 nitrogen and oxygen atoms in total. The van der Waals surface area contributed by atoms with Gasteiger partial charge < -0.3 is 14.7 Å². The van der Waals surface area contributed by atoms with Crippen molar-refractivity contribution in [3.63, 3.8) is 0 Å². The first kappa shape index (κ1) is 21.9. The molecule has 0 heterocycles. The van der Waals surface area contributed by atoms with E-state index in [2.05, 4.69) is 4.84 Å². The topological polar surface area (TPSA) is 162 Å². The molecule has 0 atom stereocenters. The Balaban J connectivity index is 2.09. The summed E-state index contributed by atoms with van der Waals surface area (Å²) in [5.74, 6) is -1.38. The maximum absolute atomic E-state index is 12.3. The van der Waals surface area contributed by atoms with E-state index in [9.17, 15) is 28.1 Å². The van der Waals surface area contributed by atoms with Crippen LogP contribution in [-0.4, -0.2) is 30.7 Å². The Morgan fingerprint density at radius 3 is 2.34 bits per heavy atom. The van der Waals surface area contributed by atoms with Gasteiger partial charge in [-0.3, -0.25) is 0 Å². The summed E-state index contributed by atoms with van der Waals surface area (Å²) in [6.07, 6.45) is -1.35. The minimum Gasteiger partial charge on any atom is -0.478 e. The Morgan fingerprint density at radius 1 is 1.14 bits per heavy atom. The fraction of sp³-hybridized carbons (Fsp3) is 0.125. The summed E-state index contributed by atoms with van der Waals surface area (Å²) in [5.41, 5.74) is 0.368. The van der Waals surface area contributed by atoms with E-state index in [4.69, 9.17) is 21.4 Å². The molecule has 0 saturated carbocycles. The van der Waals surface area contributed by atoms with Crippen molar-refractivity contribution in [2.75, 3.05) is 0 Å². The third-order valence-electron chi connectivity index (χ3n) is 3.49. The highest BCUT2D eigenvalue weighted by molar-refractivity contribution is 7.90. The van der Waals surface area contributed by atoms with Crippen LogP contribution in [0.25, 0.3) is 0 Å². The predicted octanol–water partition coefficient (Wildman–Crippen LogP) is 2.36. The van der Waals surface area contributed by atoms with Gasteiger partial charge in [0.25, 0.3) is 15.1 Å². The third kappa shape index (κ3) is 6.05. The van der Waals surface area contributed by atoms with Crippen LogP contribution in [-0.2, 0) is 32.8 Å². The number of ether oxygens (including phenoxy) is 1. The van der Waals surface area contributed by atoms with Gasteiger partial charge in [0, 0.05) is 0 Å². The number of nitrogens with zero attached hydrogens (tertiary/aromatic N) is 1. The summed E-state index contributed by atoms with van der Waals surface area (Å²) < 4.78 is 31.1. The zero-order valence-corrected chi connectivity index (χ0v) is 16.0. The number of carboxylic acid groups (broad SMARTS) is 1. The summed E-state index contributed by atoms with van der Waals surface area (Å²) in [6, 6.07) is 9.15. The fourth-order valence-electron chi connectivity index (χ4n) is 2.14. The lowest BCUT2D eigenvalue weighted by atomic mass is 10.1. The van der Waals surface area contributed by atoms with Gasteiger partial charge in [-0.05, 0) is 29.3 Å². The van der Waals surface area contributed by atoms with Crippen molar-refractivity contribution in [1.29, 1.82) is 0 Å². The average Bonchev–Trinajstić information content (AvgIpc) is 2.64. The Kier molecular flexibility index (Phi) is 6.96. The number of rotatable bonds is 8. The van der Waals surface area contributed by atoms with E-state index < -0.39 is 38.7 Å². The van der Waals surface area contributed by atoms with Crippen molar-refractivity contribution in [2.45, 2.75) is 18.1 Å². The second-order valence-electron chi connectivity index (χ2n) is 5.40. The van der Waals surface area contributed by atoms with Gasteiger partial charge >= 0.3 is 12.1 Å². The van der Waals surface area contributed by atoms with Gasteiger partial charge in [-0.2, -0.15) is 0 Å². The highest BCUT2D eigenvalue weighted by Crippen LogP contribution is 2.23. The number of hydrogen-bond acceptors (Lipinski definition) is 8. The van der Waals surface area contributed by atoms with Gasteiger partial charge in [0.05, 0.1) is 10.6 Å². The zero-order chi connectivity index (χ0) is 21.6. The quantitative estimate of drug-likeness (QED) is 0.459. The van der Waals surface area contributed by atoms with E-state index in [1.807, 2.05) is 0 Å². The number of benzene rings is 2. The number of nitrogens with one attached hydrogen (secondary N) is 1. The monoisotopic (exact) mass is 444 g/mol. The number of hydrogen-bond donors (Lipinski definition) is 2. The van der Waals surface area contributed by atoms with Crippen LogP contribution in [0.1, 0.15) is 21.5 Å². The van der Waals surface area contributed by atoms with E-state index in [1.54, 1.807) is 16.9 Å². The lowest BCUT2D eigenvalue weighted by molar-refractivity contribution is -0.763. The van der Waals surface area contributed by atoms with Gasteiger partial charge in [0.1, 0.15) is 18.1 Å². The smallest absolute Gasteiger partial charge is 0.421 e. The highest BCUT2D eigenvalue weighted by atomic mass is 35.5. The van der Waals surface area contributed by atoms with Gasteiger partial charge in [-0.25, -0.2) is 22.7 Å². The summed E-state index contributed by atoms with van der Waals surface area (Å²) in [6.45, 7) is -0.786. The maximum Gasteiger partial charge on any atom is 0.421 e. The molecule has 13 heteroatoms. The van der Waals surface area contributed by atoms with Crippen LogP contribution < -0.4 is 4.72 Å². The average molecular weight is 445 g/mol. The van der Waals surface area contributed by atoms with Crippen molar-refractivity contribution in [3.05, 3.63) is 74.3 Å². The fourth-order valence-corrected chi connectivity index (χ4v) is 3.56. The Labute approximate surface area is 169 Å². The number of amides is 1. The second-order valence-corrected chi connectivity index (χ2v) is 7.46. The van der Waals surface area contributed by atoms with E-state index in [-0.39, 0.29) is 17.2 Å². The molecule has 0 spiro atoms. The molecule has 0 unspecified atom stereocenters. The molecular formula is C16H13ClN2O9S. The number of carbonyl (C=O) groups excluding carboxylic acids is 1. The van der Waals surface area contributed by atoms with Crippen molar-refractivity contribution in [2.24, 2.45) is 0 Å². The molecule has 0 aliphatic heterocycles. The minimum atomic E-state index is -4.52. The van der Waals surface area contributed by atoms with Gasteiger partial charge in [-0.1, -0.05) is 35.9 Å². The molecule has 0 fully saturated rings. The van der Waals surface area contributed by atoms with Crippen molar-refractivity contribution < 1.29 is 37.8 Å². The standard InChI is InChI=1S/C16H13ClN2O9S/c17-13-6-5-10(15(20)21)7-14(13)29(25,26)18-16(22)27-8-11-3-1-2-4-12(11)9-28-19(23)24/h1-7H,8-9H2,(H,18,22)(H,20,21). The third-order valence-corrected chi connectivity index (χ3v) is 5.28. The molecule has 2 aromatic carbocycles. The molecule has 0 bridgehead atoms. The Hall–Kier alpha value is -3.38. The van der Waals surface area contributed by atoms with Crippen LogP contribution in [0.3, 0.4) is 0 Å². The predicted molar refractivity (Wildman–Crippen MR) is 97.1 cm³/mol. The minimum absolute atomic E-state index is 0.294. The van der Waals surface area contributed by atoms with Crippen LogP contribution in [0.15, 0.2) is 47.4 Å². The van der Waals surface area contributed by atoms with Crippen molar-refractivity contribution >= 4 is 33.7 Å². The zero-order valence-electron chi connectivity index (χ0n) is 14.4. The van der Waals surface area contributed by atoms with Gasteiger partial charge in [-0.15, -0.1) is 10.1 Å². The summed E-state index contributed by atoms with van der Waals surface area (Å²) >= 11 is 5.79. The lowest BCUT2D eigenvalue weighted by Crippen LogP contribution is -2.31. The molecule has 2 rings (SSSR count). The van der Waals surface area contributed by atoms with Gasteiger partial charge in [0.2, 0.25) is 0 Å². The van der Waals surface area contributed by atoms with E-state index >= 15 is 0 Å². The van der Waals surface area contributed by atoms with Gasteiger partial charge in [0.15, 0.2) is 0 Å². The number of halogens is 1. The molecule has 0 aliphatic carbocycles. The molecule has 2 N–H and O–H groups in total. The molecular weight excluding hydrogens is 432 g/mol. The normalized spacial score (nSPS) is 10.8. The van der Waals surface area contributed by atoms with Crippen LogP contribution in [0, 0.1) is 10.1 Å². The van der Waals surface area contributed by atoms with Crippen LogP contribution in [0.2, 0.25) is 5.02 Å². The first-order chi connectivity index (χ1) is 13.6. The molecule has 2 aromatic rings. The summed E-state index contributed by atoms with van der Waals surface area (Å²) in [7, 11) is -4.52. The van der Waals surface area contributed by atoms with E-state index in [0.717, 1.165) is 18.2 Å². The molecule has 0 saturated heterocycles. The molecule has 0 aromatic heterocycles. The van der Waals surface area contributed by atoms with Crippen LogP contribution in [0.4, 0.5) is 4.79 Å². The Bertz CT molecular complexity index is 1060. The first-order valence-corrected chi connectivity index (χ1v) is 9.53. The second kappa shape index (κ2) is 9.21. The SMILES string of the molecule is O=C(NS(=O)(=O)c1cc(C(=O)O)ccc1Cl)OCc1ccccc1CO[N+](=O)[O-]. The highest BCUT2D eigenvalue weighted by Gasteiger charge is 2.23. The number of carboxylic acids is 1. The van der Waals surface area contributed by atoms with Crippen LogP contribution >= 0.6 is 11.6 Å². The maximum atomic E-state index is 12.3. The van der Waals surface area contributed by atoms with Crippen molar-refractivity contribution in [1.82, 2.24) is 4.72 Å². The van der Waals surface area contributed by atoms with E-state index in [0.29, 0.717) is 11.1 Å². The van der Waals surface area contributed by atoms with E-state index in [1.165, 1.54) is 12.1 Å². The Morgan fingerprint density at radius 2 is 1.76 bits per heavy atom. The molecule has 0 radical (unpaired) electrons. The molecule has 154 valence electrons. The number of aromatic carboxylic acids is 1. The van der Waals surface area contributed by atoms with Crippen LogP contribution in [0.5, 0.6) is 0 Å². The number of carbonyl (C=O) groups is 2. The lowest BCUT2D eigenvalue weighted by Gasteiger charge is -2.11. The number of sulfonamides is 1. The molecule has 0 aliphatic rings. The summed E-state index contributed by atoms with van der Waals surface area (Å²) in [5, 5.41) is 18.0. The molecule has 1 amide bonds. The largest absolute Gasteiger partial charge is 0.478 e. The first-order valence-electron chi connectivity index (χ1n) is 7.66. The summed E-state index contributed by atoms with van der Waals surface area (Å²) in [4.78, 5) is 36.9. The van der Waals surface area contributed by atoms with Crippen molar-refractivity contribution in [3.8, 4) is 0 Å².